The summed E-state index contributed by atoms with van der Waals surface area (Å²) in [5, 5.41) is 0.0918. The first kappa shape index (κ1) is 14.1. The van der Waals surface area contributed by atoms with Crippen molar-refractivity contribution in [3.8, 4) is 0 Å². The summed E-state index contributed by atoms with van der Waals surface area (Å²) in [6, 6.07) is 4.11. The van der Waals surface area contributed by atoms with Gasteiger partial charge in [0.15, 0.2) is 9.84 Å². The van der Waals surface area contributed by atoms with E-state index in [-0.39, 0.29) is 16.0 Å². The second kappa shape index (κ2) is 5.37. The van der Waals surface area contributed by atoms with Crippen LogP contribution in [-0.4, -0.2) is 19.7 Å². The van der Waals surface area contributed by atoms with Crippen LogP contribution >= 0.6 is 23.2 Å². The lowest BCUT2D eigenvalue weighted by molar-refractivity contribution is 0.432. The molecule has 1 aliphatic rings. The molecule has 1 fully saturated rings. The molecule has 1 aliphatic carbocycles. The van der Waals surface area contributed by atoms with Crippen LogP contribution < -0.4 is 5.73 Å². The van der Waals surface area contributed by atoms with Crippen LogP contribution in [0, 0.1) is 0 Å². The Morgan fingerprint density at radius 3 is 2.39 bits per heavy atom. The third-order valence-corrected chi connectivity index (χ3v) is 6.40. The van der Waals surface area contributed by atoms with E-state index < -0.39 is 15.1 Å². The Balaban J connectivity index is 2.37. The fourth-order valence-corrected chi connectivity index (χ4v) is 4.66. The van der Waals surface area contributed by atoms with E-state index in [2.05, 4.69) is 0 Å². The summed E-state index contributed by atoms with van der Waals surface area (Å²) in [6.45, 7) is 0. The number of nitrogens with two attached hydrogens (primary N) is 1. The zero-order valence-electron chi connectivity index (χ0n) is 9.77. The predicted octanol–water partition coefficient (Wildman–Crippen LogP) is 3.04. The highest BCUT2D eigenvalue weighted by molar-refractivity contribution is 7.92. The average molecular weight is 308 g/mol. The minimum atomic E-state index is -3.42. The minimum absolute atomic E-state index is 0.208. The molecule has 100 valence electrons. The van der Waals surface area contributed by atoms with Gasteiger partial charge in [-0.2, -0.15) is 0 Å². The zero-order chi connectivity index (χ0) is 13.3. The Labute approximate surface area is 117 Å². The van der Waals surface area contributed by atoms with Crippen LogP contribution in [0.25, 0.3) is 0 Å². The van der Waals surface area contributed by atoms with Crippen molar-refractivity contribution in [1.29, 1.82) is 0 Å². The van der Waals surface area contributed by atoms with Crippen molar-refractivity contribution in [1.82, 2.24) is 0 Å². The molecule has 6 heteroatoms. The summed E-state index contributed by atoms with van der Waals surface area (Å²) in [7, 11) is -3.42. The first-order valence-corrected chi connectivity index (χ1v) is 8.17. The maximum absolute atomic E-state index is 12.5. The van der Waals surface area contributed by atoms with Crippen molar-refractivity contribution in [3.05, 3.63) is 28.2 Å². The first-order chi connectivity index (χ1) is 8.43. The lowest BCUT2D eigenvalue weighted by Crippen LogP contribution is -2.42. The van der Waals surface area contributed by atoms with Gasteiger partial charge in [0.1, 0.15) is 0 Å². The minimum Gasteiger partial charge on any atom is -0.327 e. The summed E-state index contributed by atoms with van der Waals surface area (Å²) in [5.41, 5.74) is 5.93. The van der Waals surface area contributed by atoms with Gasteiger partial charge in [0.2, 0.25) is 0 Å². The van der Waals surface area contributed by atoms with Gasteiger partial charge >= 0.3 is 0 Å². The normalized spacial score (nSPS) is 25.1. The van der Waals surface area contributed by atoms with Crippen LogP contribution in [0.1, 0.15) is 25.7 Å². The Morgan fingerprint density at radius 1 is 1.11 bits per heavy atom. The number of halogens is 2. The molecule has 2 N–H and O–H groups in total. The zero-order valence-corrected chi connectivity index (χ0v) is 12.1. The lowest BCUT2D eigenvalue weighted by atomic mass is 9.96. The number of benzene rings is 1. The molecule has 1 saturated carbocycles. The largest absolute Gasteiger partial charge is 0.327 e. The molecule has 2 atom stereocenters. The van der Waals surface area contributed by atoms with E-state index >= 15 is 0 Å². The van der Waals surface area contributed by atoms with Gasteiger partial charge in [-0.3, -0.25) is 0 Å². The highest BCUT2D eigenvalue weighted by atomic mass is 35.5. The number of rotatable bonds is 2. The lowest BCUT2D eigenvalue weighted by Gasteiger charge is -2.28. The summed E-state index contributed by atoms with van der Waals surface area (Å²) in [5.74, 6) is 0. The molecule has 1 aromatic carbocycles. The Morgan fingerprint density at radius 2 is 1.78 bits per heavy atom. The molecule has 1 aromatic rings. The number of sulfone groups is 1. The van der Waals surface area contributed by atoms with Crippen molar-refractivity contribution in [2.45, 2.75) is 41.9 Å². The Bertz CT molecular complexity index is 545. The molecule has 0 heterocycles. The molecule has 0 bridgehead atoms. The summed E-state index contributed by atoms with van der Waals surface area (Å²) in [4.78, 5) is 0.208. The van der Waals surface area contributed by atoms with Crippen LogP contribution in [0.4, 0.5) is 0 Å². The first-order valence-electron chi connectivity index (χ1n) is 5.87. The van der Waals surface area contributed by atoms with E-state index in [1.807, 2.05) is 0 Å². The topological polar surface area (TPSA) is 60.2 Å². The summed E-state index contributed by atoms with van der Waals surface area (Å²) >= 11 is 11.7. The van der Waals surface area contributed by atoms with E-state index in [1.165, 1.54) is 18.2 Å². The van der Waals surface area contributed by atoms with Gasteiger partial charge in [-0.25, -0.2) is 8.42 Å². The molecule has 2 unspecified atom stereocenters. The van der Waals surface area contributed by atoms with Gasteiger partial charge in [-0.05, 0) is 31.0 Å². The molecule has 2 rings (SSSR count). The second-order valence-corrected chi connectivity index (χ2v) is 7.59. The van der Waals surface area contributed by atoms with Crippen molar-refractivity contribution < 1.29 is 8.42 Å². The third-order valence-electron chi connectivity index (χ3n) is 3.37. The highest BCUT2D eigenvalue weighted by Gasteiger charge is 2.34. The maximum Gasteiger partial charge on any atom is 0.182 e. The van der Waals surface area contributed by atoms with E-state index in [0.717, 1.165) is 19.3 Å². The monoisotopic (exact) mass is 307 g/mol. The van der Waals surface area contributed by atoms with Crippen LogP contribution in [0.2, 0.25) is 10.0 Å². The van der Waals surface area contributed by atoms with Crippen molar-refractivity contribution >= 4 is 33.0 Å². The predicted molar refractivity (Wildman–Crippen MR) is 73.9 cm³/mol. The van der Waals surface area contributed by atoms with E-state index in [0.29, 0.717) is 11.4 Å². The third kappa shape index (κ3) is 2.67. The quantitative estimate of drug-likeness (QED) is 0.913. The standard InChI is InChI=1S/C12H15Cl2NO2S/c13-9-6-5-8(7-10(9)14)18(16,17)12-4-2-1-3-11(12)15/h5-7,11-12H,1-4,15H2. The van der Waals surface area contributed by atoms with Crippen LogP contribution in [0.5, 0.6) is 0 Å². The maximum atomic E-state index is 12.5. The van der Waals surface area contributed by atoms with Crippen LogP contribution in [0.15, 0.2) is 23.1 Å². The number of hydrogen-bond donors (Lipinski definition) is 1. The molecule has 0 aliphatic heterocycles. The SMILES string of the molecule is NC1CCCCC1S(=O)(=O)c1ccc(Cl)c(Cl)c1. The Kier molecular flexibility index (Phi) is 4.22. The molecule has 0 spiro atoms. The van der Waals surface area contributed by atoms with E-state index in [1.54, 1.807) is 0 Å². The molecule has 0 amide bonds. The smallest absolute Gasteiger partial charge is 0.182 e. The van der Waals surface area contributed by atoms with Gasteiger partial charge in [0.05, 0.1) is 20.2 Å². The van der Waals surface area contributed by atoms with Gasteiger partial charge in [0, 0.05) is 6.04 Å². The van der Waals surface area contributed by atoms with E-state index in [4.69, 9.17) is 28.9 Å². The summed E-state index contributed by atoms with van der Waals surface area (Å²) in [6.07, 6.45) is 3.27. The fraction of sp³-hybridized carbons (Fsp3) is 0.500. The van der Waals surface area contributed by atoms with Gasteiger partial charge in [-0.15, -0.1) is 0 Å². The van der Waals surface area contributed by atoms with Crippen molar-refractivity contribution in [3.63, 3.8) is 0 Å². The van der Waals surface area contributed by atoms with Gasteiger partial charge in [-0.1, -0.05) is 36.0 Å². The van der Waals surface area contributed by atoms with Crippen LogP contribution in [-0.2, 0) is 9.84 Å². The van der Waals surface area contributed by atoms with Crippen molar-refractivity contribution in [2.24, 2.45) is 5.73 Å². The molecule has 0 radical (unpaired) electrons. The molecule has 3 nitrogen and oxygen atoms in total. The molecular weight excluding hydrogens is 293 g/mol. The second-order valence-electron chi connectivity index (χ2n) is 4.61. The molecule has 0 saturated heterocycles. The number of hydrogen-bond acceptors (Lipinski definition) is 3. The molecule has 0 aromatic heterocycles. The highest BCUT2D eigenvalue weighted by Crippen LogP contribution is 2.31. The van der Waals surface area contributed by atoms with Crippen LogP contribution in [0.3, 0.4) is 0 Å². The Hall–Kier alpha value is -0.290. The molecule has 18 heavy (non-hydrogen) atoms. The van der Waals surface area contributed by atoms with Gasteiger partial charge < -0.3 is 5.73 Å². The fourth-order valence-electron chi connectivity index (χ4n) is 2.34. The average Bonchev–Trinajstić information content (AvgIpc) is 2.33. The van der Waals surface area contributed by atoms with Crippen molar-refractivity contribution in [2.75, 3.05) is 0 Å². The van der Waals surface area contributed by atoms with E-state index in [9.17, 15) is 8.42 Å². The summed E-state index contributed by atoms with van der Waals surface area (Å²) < 4.78 is 25.0. The van der Waals surface area contributed by atoms with Gasteiger partial charge in [0.25, 0.3) is 0 Å². The molecular formula is C12H15Cl2NO2S.